The van der Waals surface area contributed by atoms with E-state index in [-0.39, 0.29) is 5.91 Å². The second-order valence-corrected chi connectivity index (χ2v) is 4.37. The summed E-state index contributed by atoms with van der Waals surface area (Å²) < 4.78 is 6.79. The molecule has 0 spiro atoms. The first kappa shape index (κ1) is 13.1. The van der Waals surface area contributed by atoms with Crippen LogP contribution in [-0.2, 0) is 13.6 Å². The van der Waals surface area contributed by atoms with Crippen LogP contribution in [-0.4, -0.2) is 34.7 Å². The first-order valence-corrected chi connectivity index (χ1v) is 5.98. The summed E-state index contributed by atoms with van der Waals surface area (Å²) in [5.41, 5.74) is 1.51. The van der Waals surface area contributed by atoms with Crippen molar-refractivity contribution in [1.29, 1.82) is 0 Å². The van der Waals surface area contributed by atoms with Gasteiger partial charge in [0.2, 0.25) is 0 Å². The van der Waals surface area contributed by atoms with Crippen molar-refractivity contribution in [2.75, 3.05) is 14.2 Å². The molecule has 0 radical (unpaired) electrons. The number of hydrogen-bond acceptors (Lipinski definition) is 3. The molecule has 0 atom stereocenters. The molecule has 0 N–H and O–H groups in total. The van der Waals surface area contributed by atoms with Gasteiger partial charge in [-0.3, -0.25) is 9.48 Å². The van der Waals surface area contributed by atoms with Gasteiger partial charge in [0.1, 0.15) is 5.75 Å². The summed E-state index contributed by atoms with van der Waals surface area (Å²) in [5, 5.41) is 4.26. The number of nitrogens with zero attached hydrogens (tertiary/aromatic N) is 3. The van der Waals surface area contributed by atoms with Gasteiger partial charge in [-0.2, -0.15) is 5.10 Å². The minimum atomic E-state index is -0.0340. The average molecular weight is 259 g/mol. The molecule has 0 bridgehead atoms. The Bertz CT molecular complexity index is 560. The van der Waals surface area contributed by atoms with Crippen molar-refractivity contribution in [1.82, 2.24) is 14.7 Å². The highest BCUT2D eigenvalue weighted by atomic mass is 16.5. The number of benzene rings is 1. The molecule has 100 valence electrons. The molecule has 0 saturated heterocycles. The van der Waals surface area contributed by atoms with Crippen molar-refractivity contribution in [2.24, 2.45) is 7.05 Å². The lowest BCUT2D eigenvalue weighted by atomic mass is 10.2. The number of methoxy groups -OCH3 is 1. The van der Waals surface area contributed by atoms with Gasteiger partial charge in [-0.15, -0.1) is 0 Å². The van der Waals surface area contributed by atoms with Crippen LogP contribution in [0.5, 0.6) is 5.75 Å². The summed E-state index contributed by atoms with van der Waals surface area (Å²) in [4.78, 5) is 13.8. The SMILES string of the molecule is COc1ccc(C(=O)N(C)Cc2ccn(C)n2)cc1. The minimum Gasteiger partial charge on any atom is -0.497 e. The number of carbonyl (C=O) groups excluding carboxylic acids is 1. The third-order valence-corrected chi connectivity index (χ3v) is 2.85. The summed E-state index contributed by atoms with van der Waals surface area (Å²) >= 11 is 0. The zero-order valence-corrected chi connectivity index (χ0v) is 11.3. The van der Waals surface area contributed by atoms with Crippen LogP contribution in [0.25, 0.3) is 0 Å². The third-order valence-electron chi connectivity index (χ3n) is 2.85. The van der Waals surface area contributed by atoms with Gasteiger partial charge in [-0.1, -0.05) is 0 Å². The lowest BCUT2D eigenvalue weighted by molar-refractivity contribution is 0.0783. The Balaban J connectivity index is 2.05. The molecule has 1 amide bonds. The van der Waals surface area contributed by atoms with Gasteiger partial charge >= 0.3 is 0 Å². The van der Waals surface area contributed by atoms with Crippen LogP contribution < -0.4 is 4.74 Å². The quantitative estimate of drug-likeness (QED) is 0.839. The molecule has 2 rings (SSSR count). The highest BCUT2D eigenvalue weighted by molar-refractivity contribution is 5.94. The van der Waals surface area contributed by atoms with Gasteiger partial charge in [0.25, 0.3) is 5.91 Å². The van der Waals surface area contributed by atoms with Gasteiger partial charge in [-0.05, 0) is 30.3 Å². The van der Waals surface area contributed by atoms with Crippen LogP contribution in [0, 0.1) is 0 Å². The largest absolute Gasteiger partial charge is 0.497 e. The fourth-order valence-electron chi connectivity index (χ4n) is 1.82. The summed E-state index contributed by atoms with van der Waals surface area (Å²) in [6.07, 6.45) is 1.86. The van der Waals surface area contributed by atoms with Crippen LogP contribution in [0.1, 0.15) is 16.1 Å². The molecule has 0 aliphatic heterocycles. The lowest BCUT2D eigenvalue weighted by Crippen LogP contribution is -2.26. The van der Waals surface area contributed by atoms with Gasteiger partial charge in [0.15, 0.2) is 0 Å². The van der Waals surface area contributed by atoms with Gasteiger partial charge < -0.3 is 9.64 Å². The second-order valence-electron chi connectivity index (χ2n) is 4.37. The van der Waals surface area contributed by atoms with Crippen LogP contribution in [0.3, 0.4) is 0 Å². The number of carbonyl (C=O) groups is 1. The van der Waals surface area contributed by atoms with Crippen molar-refractivity contribution in [3.05, 3.63) is 47.8 Å². The summed E-state index contributed by atoms with van der Waals surface area (Å²) in [5.74, 6) is 0.706. The Morgan fingerprint density at radius 1 is 1.32 bits per heavy atom. The number of aromatic nitrogens is 2. The highest BCUT2D eigenvalue weighted by Crippen LogP contribution is 2.13. The van der Waals surface area contributed by atoms with Crippen LogP contribution in [0.4, 0.5) is 0 Å². The Labute approximate surface area is 112 Å². The fourth-order valence-corrected chi connectivity index (χ4v) is 1.82. The molecule has 5 nitrogen and oxygen atoms in total. The topological polar surface area (TPSA) is 47.4 Å². The smallest absolute Gasteiger partial charge is 0.253 e. The lowest BCUT2D eigenvalue weighted by Gasteiger charge is -2.16. The molecule has 2 aromatic rings. The molecular weight excluding hydrogens is 242 g/mol. The van der Waals surface area contributed by atoms with Crippen molar-refractivity contribution in [2.45, 2.75) is 6.54 Å². The number of aryl methyl sites for hydroxylation is 1. The Morgan fingerprint density at radius 3 is 2.53 bits per heavy atom. The van der Waals surface area contributed by atoms with E-state index in [9.17, 15) is 4.79 Å². The number of ether oxygens (including phenoxy) is 1. The monoisotopic (exact) mass is 259 g/mol. The van der Waals surface area contributed by atoms with E-state index in [2.05, 4.69) is 5.10 Å². The predicted octanol–water partition coefficient (Wildman–Crippen LogP) is 1.70. The summed E-state index contributed by atoms with van der Waals surface area (Å²) in [7, 11) is 5.22. The molecular formula is C14H17N3O2. The van der Waals surface area contributed by atoms with E-state index in [4.69, 9.17) is 4.74 Å². The van der Waals surface area contributed by atoms with Crippen molar-refractivity contribution >= 4 is 5.91 Å². The number of hydrogen-bond donors (Lipinski definition) is 0. The minimum absolute atomic E-state index is 0.0340. The van der Waals surface area contributed by atoms with Crippen LogP contribution >= 0.6 is 0 Å². The number of amides is 1. The first-order chi connectivity index (χ1) is 9.10. The normalized spacial score (nSPS) is 10.3. The third kappa shape index (κ3) is 3.13. The highest BCUT2D eigenvalue weighted by Gasteiger charge is 2.13. The zero-order chi connectivity index (χ0) is 13.8. The van der Waals surface area contributed by atoms with Crippen molar-refractivity contribution in [3.8, 4) is 5.75 Å². The molecule has 5 heteroatoms. The zero-order valence-electron chi connectivity index (χ0n) is 11.3. The maximum absolute atomic E-state index is 12.2. The van der Waals surface area contributed by atoms with Gasteiger partial charge in [0, 0.05) is 25.9 Å². The second kappa shape index (κ2) is 5.56. The van der Waals surface area contributed by atoms with Gasteiger partial charge in [-0.25, -0.2) is 0 Å². The van der Waals surface area contributed by atoms with Crippen molar-refractivity contribution in [3.63, 3.8) is 0 Å². The van der Waals surface area contributed by atoms with E-state index >= 15 is 0 Å². The Hall–Kier alpha value is -2.30. The molecule has 0 fully saturated rings. The molecule has 1 aromatic heterocycles. The van der Waals surface area contributed by atoms with Crippen molar-refractivity contribution < 1.29 is 9.53 Å². The molecule has 0 saturated carbocycles. The molecule has 0 unspecified atom stereocenters. The number of rotatable bonds is 4. The van der Waals surface area contributed by atoms with E-state index < -0.39 is 0 Å². The molecule has 0 aliphatic rings. The molecule has 19 heavy (non-hydrogen) atoms. The molecule has 0 aliphatic carbocycles. The standard InChI is InChI=1S/C14H17N3O2/c1-16(10-12-8-9-17(2)15-12)14(18)11-4-6-13(19-3)7-5-11/h4-9H,10H2,1-3H3. The van der Waals surface area contributed by atoms with E-state index in [1.807, 2.05) is 19.3 Å². The van der Waals surface area contributed by atoms with Crippen LogP contribution in [0.2, 0.25) is 0 Å². The van der Waals surface area contributed by atoms with E-state index in [1.165, 1.54) is 0 Å². The molecule has 1 aromatic carbocycles. The Morgan fingerprint density at radius 2 is 2.00 bits per heavy atom. The Kier molecular flexibility index (Phi) is 3.85. The summed E-state index contributed by atoms with van der Waals surface area (Å²) in [6, 6.07) is 8.98. The predicted molar refractivity (Wildman–Crippen MR) is 72.0 cm³/mol. The molecule has 1 heterocycles. The first-order valence-electron chi connectivity index (χ1n) is 5.98. The average Bonchev–Trinajstić information content (AvgIpc) is 2.83. The van der Waals surface area contributed by atoms with E-state index in [0.717, 1.165) is 11.4 Å². The van der Waals surface area contributed by atoms with Crippen LogP contribution in [0.15, 0.2) is 36.5 Å². The van der Waals surface area contributed by atoms with Gasteiger partial charge in [0.05, 0.1) is 19.3 Å². The van der Waals surface area contributed by atoms with E-state index in [1.54, 1.807) is 48.0 Å². The fraction of sp³-hybridized carbons (Fsp3) is 0.286. The summed E-state index contributed by atoms with van der Waals surface area (Å²) in [6.45, 7) is 0.492. The van der Waals surface area contributed by atoms with E-state index in [0.29, 0.717) is 12.1 Å². The maximum atomic E-state index is 12.2. The maximum Gasteiger partial charge on any atom is 0.253 e.